The lowest BCUT2D eigenvalue weighted by atomic mass is 10.2. The number of aromatic nitrogens is 1. The Labute approximate surface area is 90.7 Å². The molecule has 82 valence electrons. The molecule has 0 unspecified atom stereocenters. The van der Waals surface area contributed by atoms with E-state index in [1.807, 2.05) is 6.07 Å². The van der Waals surface area contributed by atoms with Crippen molar-refractivity contribution in [3.05, 3.63) is 18.5 Å². The summed E-state index contributed by atoms with van der Waals surface area (Å²) < 4.78 is 0. The lowest BCUT2D eigenvalue weighted by Crippen LogP contribution is -2.46. The number of piperazine rings is 1. The molecule has 0 atom stereocenters. The molecule has 15 heavy (non-hydrogen) atoms. The summed E-state index contributed by atoms with van der Waals surface area (Å²) in [6, 6.07) is 2.00. The van der Waals surface area contributed by atoms with E-state index in [9.17, 15) is 0 Å². The summed E-state index contributed by atoms with van der Waals surface area (Å²) >= 11 is 0. The van der Waals surface area contributed by atoms with Gasteiger partial charge in [0, 0.05) is 32.4 Å². The van der Waals surface area contributed by atoms with Crippen LogP contribution in [0.5, 0.6) is 0 Å². The molecule has 1 aliphatic rings. The van der Waals surface area contributed by atoms with Gasteiger partial charge in [-0.1, -0.05) is 6.92 Å². The van der Waals surface area contributed by atoms with Gasteiger partial charge in [0.05, 0.1) is 17.6 Å². The highest BCUT2D eigenvalue weighted by Crippen LogP contribution is 2.22. The average molecular weight is 206 g/mol. The van der Waals surface area contributed by atoms with E-state index in [4.69, 9.17) is 5.73 Å². The second kappa shape index (κ2) is 4.49. The third-order valence-corrected chi connectivity index (χ3v) is 2.99. The van der Waals surface area contributed by atoms with E-state index in [0.29, 0.717) is 0 Å². The molecule has 0 aromatic carbocycles. The molecule has 1 aromatic heterocycles. The first kappa shape index (κ1) is 10.2. The van der Waals surface area contributed by atoms with Crippen molar-refractivity contribution in [3.8, 4) is 0 Å². The van der Waals surface area contributed by atoms with E-state index in [-0.39, 0.29) is 0 Å². The van der Waals surface area contributed by atoms with Gasteiger partial charge >= 0.3 is 0 Å². The summed E-state index contributed by atoms with van der Waals surface area (Å²) in [5.41, 5.74) is 7.81. The van der Waals surface area contributed by atoms with Gasteiger partial charge in [0.15, 0.2) is 0 Å². The Bertz CT molecular complexity index is 318. The standard InChI is InChI=1S/C11H18N4/c1-2-14-5-7-15(8-6-14)11-3-4-13-9-10(11)12/h3-4,9H,2,5-8,12H2,1H3. The normalized spacial score (nSPS) is 18.1. The first-order chi connectivity index (χ1) is 7.31. The first-order valence-electron chi connectivity index (χ1n) is 5.48. The lowest BCUT2D eigenvalue weighted by Gasteiger charge is -2.35. The zero-order chi connectivity index (χ0) is 10.7. The van der Waals surface area contributed by atoms with E-state index in [1.165, 1.54) is 0 Å². The van der Waals surface area contributed by atoms with Gasteiger partial charge in [-0.25, -0.2) is 0 Å². The van der Waals surface area contributed by atoms with Crippen molar-refractivity contribution in [2.45, 2.75) is 6.92 Å². The molecule has 1 saturated heterocycles. The summed E-state index contributed by atoms with van der Waals surface area (Å²) in [5.74, 6) is 0. The number of rotatable bonds is 2. The van der Waals surface area contributed by atoms with Gasteiger partial charge in [-0.2, -0.15) is 0 Å². The molecule has 0 bridgehead atoms. The minimum Gasteiger partial charge on any atom is -0.396 e. The van der Waals surface area contributed by atoms with Crippen LogP contribution in [0.1, 0.15) is 6.92 Å². The summed E-state index contributed by atoms with van der Waals surface area (Å²) in [6.45, 7) is 7.71. The summed E-state index contributed by atoms with van der Waals surface area (Å²) in [7, 11) is 0. The SMILES string of the molecule is CCN1CCN(c2ccncc2N)CC1. The van der Waals surface area contributed by atoms with Crippen LogP contribution in [-0.2, 0) is 0 Å². The molecule has 0 saturated carbocycles. The highest BCUT2D eigenvalue weighted by Gasteiger charge is 2.16. The fraction of sp³-hybridized carbons (Fsp3) is 0.545. The number of hydrogen-bond donors (Lipinski definition) is 1. The monoisotopic (exact) mass is 206 g/mol. The fourth-order valence-corrected chi connectivity index (χ4v) is 1.99. The van der Waals surface area contributed by atoms with Gasteiger partial charge in [0.1, 0.15) is 0 Å². The van der Waals surface area contributed by atoms with E-state index in [0.717, 1.165) is 44.1 Å². The topological polar surface area (TPSA) is 45.4 Å². The van der Waals surface area contributed by atoms with Crippen LogP contribution in [-0.4, -0.2) is 42.6 Å². The van der Waals surface area contributed by atoms with Gasteiger partial charge in [-0.3, -0.25) is 4.98 Å². The largest absolute Gasteiger partial charge is 0.396 e. The molecular formula is C11H18N4. The van der Waals surface area contributed by atoms with E-state index >= 15 is 0 Å². The number of nitrogens with zero attached hydrogens (tertiary/aromatic N) is 3. The third-order valence-electron chi connectivity index (χ3n) is 2.99. The number of nitrogens with two attached hydrogens (primary N) is 1. The number of anilines is 2. The summed E-state index contributed by atoms with van der Waals surface area (Å²) in [5, 5.41) is 0. The van der Waals surface area contributed by atoms with Gasteiger partial charge in [-0.15, -0.1) is 0 Å². The van der Waals surface area contributed by atoms with Crippen molar-refractivity contribution in [1.29, 1.82) is 0 Å². The van der Waals surface area contributed by atoms with Crippen molar-refractivity contribution in [2.24, 2.45) is 0 Å². The summed E-state index contributed by atoms with van der Waals surface area (Å²) in [6.07, 6.45) is 3.53. The highest BCUT2D eigenvalue weighted by molar-refractivity contribution is 5.66. The van der Waals surface area contributed by atoms with Crippen LogP contribution in [0.2, 0.25) is 0 Å². The predicted octanol–water partition coefficient (Wildman–Crippen LogP) is 0.806. The summed E-state index contributed by atoms with van der Waals surface area (Å²) in [4.78, 5) is 8.80. The van der Waals surface area contributed by atoms with Crippen LogP contribution in [0, 0.1) is 0 Å². The van der Waals surface area contributed by atoms with Crippen LogP contribution >= 0.6 is 0 Å². The molecular weight excluding hydrogens is 188 g/mol. The first-order valence-corrected chi connectivity index (χ1v) is 5.48. The molecule has 0 spiro atoms. The lowest BCUT2D eigenvalue weighted by molar-refractivity contribution is 0.271. The second-order valence-electron chi connectivity index (χ2n) is 3.86. The Morgan fingerprint density at radius 3 is 2.67 bits per heavy atom. The van der Waals surface area contributed by atoms with Crippen molar-refractivity contribution >= 4 is 11.4 Å². The van der Waals surface area contributed by atoms with E-state index in [1.54, 1.807) is 12.4 Å². The molecule has 1 aromatic rings. The molecule has 1 fully saturated rings. The van der Waals surface area contributed by atoms with Crippen LogP contribution < -0.4 is 10.6 Å². The second-order valence-corrected chi connectivity index (χ2v) is 3.86. The maximum absolute atomic E-state index is 5.90. The zero-order valence-electron chi connectivity index (χ0n) is 9.19. The maximum Gasteiger partial charge on any atom is 0.0738 e. The molecule has 2 rings (SSSR count). The Morgan fingerprint density at radius 1 is 1.33 bits per heavy atom. The molecule has 2 N–H and O–H groups in total. The smallest absolute Gasteiger partial charge is 0.0738 e. The molecule has 0 aliphatic carbocycles. The number of likely N-dealkylation sites (N-methyl/N-ethyl adjacent to an activating group) is 1. The predicted molar refractivity (Wildman–Crippen MR) is 63.0 cm³/mol. The van der Waals surface area contributed by atoms with Crippen molar-refractivity contribution in [2.75, 3.05) is 43.4 Å². The molecule has 4 nitrogen and oxygen atoms in total. The number of pyridine rings is 1. The average Bonchev–Trinajstić information content (AvgIpc) is 2.30. The zero-order valence-corrected chi connectivity index (χ0v) is 9.19. The quantitative estimate of drug-likeness (QED) is 0.777. The molecule has 0 amide bonds. The van der Waals surface area contributed by atoms with Gasteiger partial charge in [0.25, 0.3) is 0 Å². The fourth-order valence-electron chi connectivity index (χ4n) is 1.99. The molecule has 4 heteroatoms. The van der Waals surface area contributed by atoms with Crippen LogP contribution in [0.25, 0.3) is 0 Å². The molecule has 2 heterocycles. The van der Waals surface area contributed by atoms with E-state index < -0.39 is 0 Å². The Morgan fingerprint density at radius 2 is 2.07 bits per heavy atom. The highest BCUT2D eigenvalue weighted by atomic mass is 15.3. The van der Waals surface area contributed by atoms with Gasteiger partial charge in [0.2, 0.25) is 0 Å². The van der Waals surface area contributed by atoms with Crippen molar-refractivity contribution in [1.82, 2.24) is 9.88 Å². The van der Waals surface area contributed by atoms with Crippen LogP contribution in [0.4, 0.5) is 11.4 Å². The minimum atomic E-state index is 0.780. The number of nitrogen functional groups attached to an aromatic ring is 1. The van der Waals surface area contributed by atoms with Crippen molar-refractivity contribution < 1.29 is 0 Å². The third kappa shape index (κ3) is 2.21. The Balaban J connectivity index is 2.04. The minimum absolute atomic E-state index is 0.780. The van der Waals surface area contributed by atoms with Gasteiger partial charge < -0.3 is 15.5 Å². The Hall–Kier alpha value is -1.29. The van der Waals surface area contributed by atoms with Crippen LogP contribution in [0.3, 0.4) is 0 Å². The number of hydrogen-bond acceptors (Lipinski definition) is 4. The Kier molecular flexibility index (Phi) is 3.06. The van der Waals surface area contributed by atoms with Gasteiger partial charge in [-0.05, 0) is 12.6 Å². The van der Waals surface area contributed by atoms with E-state index in [2.05, 4.69) is 21.7 Å². The molecule has 0 radical (unpaired) electrons. The van der Waals surface area contributed by atoms with Crippen LogP contribution in [0.15, 0.2) is 18.5 Å². The van der Waals surface area contributed by atoms with Crippen molar-refractivity contribution in [3.63, 3.8) is 0 Å². The molecule has 1 aliphatic heterocycles. The maximum atomic E-state index is 5.90.